The lowest BCUT2D eigenvalue weighted by Gasteiger charge is -2.12. The Morgan fingerprint density at radius 3 is 2.59 bits per heavy atom. The minimum atomic E-state index is -0.660. The second-order valence-corrected chi connectivity index (χ2v) is 4.20. The van der Waals surface area contributed by atoms with Gasteiger partial charge in [-0.2, -0.15) is 0 Å². The fourth-order valence-electron chi connectivity index (χ4n) is 1.88. The highest BCUT2D eigenvalue weighted by atomic mass is 19.1. The highest BCUT2D eigenvalue weighted by molar-refractivity contribution is 5.28. The first-order valence-corrected chi connectivity index (χ1v) is 5.65. The van der Waals surface area contributed by atoms with Gasteiger partial charge in [-0.05, 0) is 35.7 Å². The Morgan fingerprint density at radius 2 is 1.88 bits per heavy atom. The van der Waals surface area contributed by atoms with Crippen molar-refractivity contribution >= 4 is 0 Å². The Kier molecular flexibility index (Phi) is 3.55. The molecule has 0 heterocycles. The summed E-state index contributed by atoms with van der Waals surface area (Å²) in [6.45, 7) is 2.01. The van der Waals surface area contributed by atoms with Crippen molar-refractivity contribution in [3.8, 4) is 0 Å². The number of benzene rings is 2. The number of aryl methyl sites for hydroxylation is 1. The van der Waals surface area contributed by atoms with E-state index in [2.05, 4.69) is 0 Å². The highest BCUT2D eigenvalue weighted by Gasteiger charge is 2.10. The highest BCUT2D eigenvalue weighted by Crippen LogP contribution is 2.20. The van der Waals surface area contributed by atoms with E-state index in [0.29, 0.717) is 12.0 Å². The van der Waals surface area contributed by atoms with Gasteiger partial charge in [-0.25, -0.2) is 4.39 Å². The zero-order valence-electron chi connectivity index (χ0n) is 9.73. The van der Waals surface area contributed by atoms with Crippen LogP contribution in [0.25, 0.3) is 0 Å². The van der Waals surface area contributed by atoms with Crippen LogP contribution in [0.4, 0.5) is 4.39 Å². The van der Waals surface area contributed by atoms with Crippen LogP contribution in [-0.4, -0.2) is 5.11 Å². The standard InChI is InChI=1S/C15H15FO/c1-11-5-2-3-6-12(11)10-15(17)13-7-4-8-14(16)9-13/h2-9,15,17H,10H2,1H3. The van der Waals surface area contributed by atoms with Gasteiger partial charge in [-0.1, -0.05) is 36.4 Å². The molecule has 0 spiro atoms. The third-order valence-corrected chi connectivity index (χ3v) is 2.91. The molecule has 88 valence electrons. The molecule has 0 aliphatic rings. The minimum Gasteiger partial charge on any atom is -0.388 e. The van der Waals surface area contributed by atoms with Crippen LogP contribution in [0.3, 0.4) is 0 Å². The average Bonchev–Trinajstić information content (AvgIpc) is 2.32. The second-order valence-electron chi connectivity index (χ2n) is 4.20. The van der Waals surface area contributed by atoms with Crippen LogP contribution < -0.4 is 0 Å². The first-order chi connectivity index (χ1) is 8.16. The molecule has 2 aromatic carbocycles. The number of aliphatic hydroxyl groups is 1. The molecule has 0 amide bonds. The van der Waals surface area contributed by atoms with E-state index in [9.17, 15) is 9.50 Å². The van der Waals surface area contributed by atoms with Gasteiger partial charge in [-0.15, -0.1) is 0 Å². The van der Waals surface area contributed by atoms with Crippen molar-refractivity contribution in [2.45, 2.75) is 19.4 Å². The summed E-state index contributed by atoms with van der Waals surface area (Å²) in [5, 5.41) is 10.1. The van der Waals surface area contributed by atoms with E-state index in [0.717, 1.165) is 11.1 Å². The fourth-order valence-corrected chi connectivity index (χ4v) is 1.88. The molecule has 0 aliphatic carbocycles. The predicted octanol–water partition coefficient (Wildman–Crippen LogP) is 3.41. The first-order valence-electron chi connectivity index (χ1n) is 5.65. The third-order valence-electron chi connectivity index (χ3n) is 2.91. The van der Waals surface area contributed by atoms with Gasteiger partial charge >= 0.3 is 0 Å². The Morgan fingerprint density at radius 1 is 1.12 bits per heavy atom. The molecule has 1 unspecified atom stereocenters. The molecule has 2 rings (SSSR count). The Hall–Kier alpha value is -1.67. The number of hydrogen-bond donors (Lipinski definition) is 1. The normalized spacial score (nSPS) is 12.4. The average molecular weight is 230 g/mol. The molecule has 0 radical (unpaired) electrons. The van der Waals surface area contributed by atoms with Gasteiger partial charge < -0.3 is 5.11 Å². The Balaban J connectivity index is 2.17. The second kappa shape index (κ2) is 5.11. The molecule has 1 atom stereocenters. The zero-order valence-corrected chi connectivity index (χ0v) is 9.73. The molecule has 0 bridgehead atoms. The number of hydrogen-bond acceptors (Lipinski definition) is 1. The molecular weight excluding hydrogens is 215 g/mol. The number of rotatable bonds is 3. The molecule has 2 aromatic rings. The molecular formula is C15H15FO. The van der Waals surface area contributed by atoms with Crippen molar-refractivity contribution < 1.29 is 9.50 Å². The summed E-state index contributed by atoms with van der Waals surface area (Å²) in [5.74, 6) is -0.314. The van der Waals surface area contributed by atoms with E-state index in [1.165, 1.54) is 12.1 Å². The summed E-state index contributed by atoms with van der Waals surface area (Å²) in [7, 11) is 0. The lowest BCUT2D eigenvalue weighted by atomic mass is 9.98. The van der Waals surface area contributed by atoms with Crippen LogP contribution in [0.15, 0.2) is 48.5 Å². The molecule has 17 heavy (non-hydrogen) atoms. The lowest BCUT2D eigenvalue weighted by molar-refractivity contribution is 0.178. The van der Waals surface area contributed by atoms with Gasteiger partial charge in [0.1, 0.15) is 5.82 Å². The van der Waals surface area contributed by atoms with Crippen molar-refractivity contribution in [2.75, 3.05) is 0 Å². The summed E-state index contributed by atoms with van der Waals surface area (Å²) in [6.07, 6.45) is -0.150. The monoisotopic (exact) mass is 230 g/mol. The Labute approximate surface area is 101 Å². The van der Waals surface area contributed by atoms with E-state index in [4.69, 9.17) is 0 Å². The maximum absolute atomic E-state index is 13.0. The van der Waals surface area contributed by atoms with Crippen LogP contribution >= 0.6 is 0 Å². The first kappa shape index (κ1) is 11.8. The molecule has 0 saturated heterocycles. The lowest BCUT2D eigenvalue weighted by Crippen LogP contribution is -2.03. The summed E-state index contributed by atoms with van der Waals surface area (Å²) in [4.78, 5) is 0. The van der Waals surface area contributed by atoms with Crippen LogP contribution in [-0.2, 0) is 6.42 Å². The maximum Gasteiger partial charge on any atom is 0.123 e. The van der Waals surface area contributed by atoms with Crippen LogP contribution in [0.2, 0.25) is 0 Å². The molecule has 0 aromatic heterocycles. The van der Waals surface area contributed by atoms with Gasteiger partial charge in [-0.3, -0.25) is 0 Å². The molecule has 0 fully saturated rings. The van der Waals surface area contributed by atoms with Crippen LogP contribution in [0.1, 0.15) is 22.8 Å². The van der Waals surface area contributed by atoms with Crippen molar-refractivity contribution in [2.24, 2.45) is 0 Å². The van der Waals surface area contributed by atoms with Crippen molar-refractivity contribution in [1.82, 2.24) is 0 Å². The van der Waals surface area contributed by atoms with Gasteiger partial charge in [0.05, 0.1) is 6.10 Å². The van der Waals surface area contributed by atoms with Crippen LogP contribution in [0, 0.1) is 12.7 Å². The largest absolute Gasteiger partial charge is 0.388 e. The smallest absolute Gasteiger partial charge is 0.123 e. The van der Waals surface area contributed by atoms with Gasteiger partial charge in [0.2, 0.25) is 0 Å². The maximum atomic E-state index is 13.0. The molecule has 2 heteroatoms. The van der Waals surface area contributed by atoms with Gasteiger partial charge in [0, 0.05) is 6.42 Å². The van der Waals surface area contributed by atoms with Crippen molar-refractivity contribution in [1.29, 1.82) is 0 Å². The zero-order chi connectivity index (χ0) is 12.3. The molecule has 0 aliphatic heterocycles. The Bertz CT molecular complexity index is 508. The molecule has 1 nitrogen and oxygen atoms in total. The molecule has 0 saturated carbocycles. The van der Waals surface area contributed by atoms with Crippen LogP contribution in [0.5, 0.6) is 0 Å². The van der Waals surface area contributed by atoms with Crippen molar-refractivity contribution in [3.05, 3.63) is 71.0 Å². The SMILES string of the molecule is Cc1ccccc1CC(O)c1cccc(F)c1. The van der Waals surface area contributed by atoms with E-state index >= 15 is 0 Å². The minimum absolute atomic E-state index is 0.314. The van der Waals surface area contributed by atoms with Crippen molar-refractivity contribution in [3.63, 3.8) is 0 Å². The number of aliphatic hydroxyl groups excluding tert-OH is 1. The van der Waals surface area contributed by atoms with E-state index in [1.54, 1.807) is 12.1 Å². The summed E-state index contributed by atoms with van der Waals surface area (Å²) < 4.78 is 13.0. The predicted molar refractivity (Wildman–Crippen MR) is 66.2 cm³/mol. The van der Waals surface area contributed by atoms with E-state index in [1.807, 2.05) is 31.2 Å². The molecule has 1 N–H and O–H groups in total. The fraction of sp³-hybridized carbons (Fsp3) is 0.200. The van der Waals surface area contributed by atoms with Gasteiger partial charge in [0.15, 0.2) is 0 Å². The summed E-state index contributed by atoms with van der Waals surface area (Å²) in [5.41, 5.74) is 2.85. The number of halogens is 1. The van der Waals surface area contributed by atoms with E-state index in [-0.39, 0.29) is 5.82 Å². The summed E-state index contributed by atoms with van der Waals surface area (Å²) in [6, 6.07) is 14.0. The third kappa shape index (κ3) is 2.92. The summed E-state index contributed by atoms with van der Waals surface area (Å²) >= 11 is 0. The van der Waals surface area contributed by atoms with Gasteiger partial charge in [0.25, 0.3) is 0 Å². The topological polar surface area (TPSA) is 20.2 Å². The van der Waals surface area contributed by atoms with E-state index < -0.39 is 6.10 Å². The quantitative estimate of drug-likeness (QED) is 0.856.